The second kappa shape index (κ2) is 6.59. The molecule has 1 unspecified atom stereocenters. The Labute approximate surface area is 146 Å². The first-order valence-electron chi connectivity index (χ1n) is 7.21. The first-order chi connectivity index (χ1) is 11.0. The fraction of sp³-hybridized carbons (Fsp3) is 0.400. The standard InChI is InChI=1S/C15H15ClN2O3S2/c1-8-12(23-13(17-8)10-4-5-11(16)22-10)14(19)18-6-2-3-9(7-18)15(20)21/h4-5,9H,2-3,6-7H2,1H3,(H,20,21). The molecule has 23 heavy (non-hydrogen) atoms. The van der Waals surface area contributed by atoms with Gasteiger partial charge in [0, 0.05) is 13.1 Å². The third-order valence-corrected chi connectivity index (χ3v) is 6.38. The number of carbonyl (C=O) groups is 2. The molecule has 8 heteroatoms. The van der Waals surface area contributed by atoms with E-state index in [0.29, 0.717) is 34.3 Å². The number of carbonyl (C=O) groups excluding carboxylic acids is 1. The number of hydrogen-bond acceptors (Lipinski definition) is 5. The van der Waals surface area contributed by atoms with E-state index < -0.39 is 11.9 Å². The van der Waals surface area contributed by atoms with Crippen LogP contribution in [0.5, 0.6) is 0 Å². The SMILES string of the molecule is Cc1nc(-c2ccc(Cl)s2)sc1C(=O)N1CCCC(C(=O)O)C1. The summed E-state index contributed by atoms with van der Waals surface area (Å²) in [5.74, 6) is -1.44. The Morgan fingerprint density at radius 1 is 1.39 bits per heavy atom. The highest BCUT2D eigenvalue weighted by atomic mass is 35.5. The Hall–Kier alpha value is -1.44. The van der Waals surface area contributed by atoms with Crippen LogP contribution in [0.15, 0.2) is 12.1 Å². The Morgan fingerprint density at radius 3 is 2.83 bits per heavy atom. The largest absolute Gasteiger partial charge is 0.481 e. The molecule has 0 aliphatic carbocycles. The number of likely N-dealkylation sites (tertiary alicyclic amines) is 1. The molecule has 5 nitrogen and oxygen atoms in total. The summed E-state index contributed by atoms with van der Waals surface area (Å²) < 4.78 is 0.682. The van der Waals surface area contributed by atoms with Crippen LogP contribution >= 0.6 is 34.3 Å². The van der Waals surface area contributed by atoms with Crippen LogP contribution in [-0.4, -0.2) is 40.0 Å². The van der Waals surface area contributed by atoms with Crippen LogP contribution in [0.4, 0.5) is 0 Å². The summed E-state index contributed by atoms with van der Waals surface area (Å²) in [7, 11) is 0. The number of nitrogens with zero attached hydrogens (tertiary/aromatic N) is 2. The van der Waals surface area contributed by atoms with Crippen molar-refractivity contribution >= 4 is 46.2 Å². The lowest BCUT2D eigenvalue weighted by molar-refractivity contribution is -0.143. The molecule has 122 valence electrons. The van der Waals surface area contributed by atoms with Crippen molar-refractivity contribution in [3.8, 4) is 9.88 Å². The molecule has 1 atom stereocenters. The van der Waals surface area contributed by atoms with Gasteiger partial charge in [0.05, 0.1) is 20.8 Å². The Bertz CT molecular complexity index is 756. The molecule has 3 rings (SSSR count). The molecule has 1 N–H and O–H groups in total. The van der Waals surface area contributed by atoms with Gasteiger partial charge in [-0.2, -0.15) is 0 Å². The Kier molecular flexibility index (Phi) is 4.70. The van der Waals surface area contributed by atoms with E-state index in [1.54, 1.807) is 11.8 Å². The van der Waals surface area contributed by atoms with Crippen LogP contribution in [-0.2, 0) is 4.79 Å². The molecule has 1 saturated heterocycles. The second-order valence-corrected chi connectivity index (χ2v) is 8.18. The van der Waals surface area contributed by atoms with E-state index in [2.05, 4.69) is 4.98 Å². The molecule has 1 fully saturated rings. The first-order valence-corrected chi connectivity index (χ1v) is 9.22. The number of hydrogen-bond donors (Lipinski definition) is 1. The van der Waals surface area contributed by atoms with Crippen LogP contribution < -0.4 is 0 Å². The Balaban J connectivity index is 1.82. The molecule has 0 aromatic carbocycles. The van der Waals surface area contributed by atoms with E-state index in [9.17, 15) is 9.59 Å². The number of aromatic nitrogens is 1. The van der Waals surface area contributed by atoms with Crippen molar-refractivity contribution in [3.05, 3.63) is 27.0 Å². The molecule has 0 saturated carbocycles. The summed E-state index contributed by atoms with van der Waals surface area (Å²) in [5.41, 5.74) is 0.678. The predicted molar refractivity (Wildman–Crippen MR) is 91.4 cm³/mol. The minimum Gasteiger partial charge on any atom is -0.481 e. The van der Waals surface area contributed by atoms with Crippen molar-refractivity contribution in [3.63, 3.8) is 0 Å². The van der Waals surface area contributed by atoms with Crippen molar-refractivity contribution < 1.29 is 14.7 Å². The van der Waals surface area contributed by atoms with Gasteiger partial charge in [-0.1, -0.05) is 11.6 Å². The second-order valence-electron chi connectivity index (χ2n) is 5.47. The lowest BCUT2D eigenvalue weighted by Crippen LogP contribution is -2.42. The van der Waals surface area contributed by atoms with E-state index in [4.69, 9.17) is 16.7 Å². The molecule has 1 aliphatic heterocycles. The molecule has 0 bridgehead atoms. The zero-order valence-corrected chi connectivity index (χ0v) is 14.8. The zero-order chi connectivity index (χ0) is 16.6. The summed E-state index contributed by atoms with van der Waals surface area (Å²) in [4.78, 5) is 31.5. The monoisotopic (exact) mass is 370 g/mol. The number of halogens is 1. The summed E-state index contributed by atoms with van der Waals surface area (Å²) >= 11 is 8.72. The van der Waals surface area contributed by atoms with E-state index >= 15 is 0 Å². The highest BCUT2D eigenvalue weighted by Gasteiger charge is 2.30. The van der Waals surface area contributed by atoms with Crippen LogP contribution in [0.3, 0.4) is 0 Å². The van der Waals surface area contributed by atoms with Gasteiger partial charge >= 0.3 is 5.97 Å². The van der Waals surface area contributed by atoms with E-state index in [1.165, 1.54) is 22.7 Å². The first kappa shape index (κ1) is 16.4. The maximum Gasteiger partial charge on any atom is 0.308 e. The summed E-state index contributed by atoms with van der Waals surface area (Å²) in [6.07, 6.45) is 1.34. The molecule has 0 spiro atoms. The molecule has 3 heterocycles. The highest BCUT2D eigenvalue weighted by molar-refractivity contribution is 7.24. The number of amides is 1. The number of carboxylic acids is 1. The van der Waals surface area contributed by atoms with Crippen LogP contribution in [0, 0.1) is 12.8 Å². The number of rotatable bonds is 3. The summed E-state index contributed by atoms with van der Waals surface area (Å²) in [6.45, 7) is 2.67. The fourth-order valence-corrected chi connectivity index (χ4v) is 4.77. The van der Waals surface area contributed by atoms with Crippen LogP contribution in [0.2, 0.25) is 4.34 Å². The van der Waals surface area contributed by atoms with Crippen molar-refractivity contribution in [2.45, 2.75) is 19.8 Å². The maximum absolute atomic E-state index is 12.7. The number of carboxylic acid groups (broad SMARTS) is 1. The van der Waals surface area contributed by atoms with Gasteiger partial charge in [0.1, 0.15) is 9.88 Å². The third-order valence-electron chi connectivity index (χ3n) is 3.83. The average molecular weight is 371 g/mol. The van der Waals surface area contributed by atoms with Crippen molar-refractivity contribution in [1.82, 2.24) is 9.88 Å². The van der Waals surface area contributed by atoms with Crippen LogP contribution in [0.25, 0.3) is 9.88 Å². The maximum atomic E-state index is 12.7. The fourth-order valence-electron chi connectivity index (χ4n) is 2.64. The van der Waals surface area contributed by atoms with Gasteiger partial charge in [0.15, 0.2) is 0 Å². The van der Waals surface area contributed by atoms with E-state index in [-0.39, 0.29) is 12.5 Å². The molecule has 2 aromatic rings. The van der Waals surface area contributed by atoms with Gasteiger partial charge < -0.3 is 10.0 Å². The minimum absolute atomic E-state index is 0.125. The predicted octanol–water partition coefficient (Wildman–Crippen LogP) is 3.77. The Morgan fingerprint density at radius 2 is 2.17 bits per heavy atom. The third kappa shape index (κ3) is 3.41. The molecule has 0 radical (unpaired) electrons. The lowest BCUT2D eigenvalue weighted by Gasteiger charge is -2.30. The van der Waals surface area contributed by atoms with Gasteiger partial charge in [-0.3, -0.25) is 9.59 Å². The smallest absolute Gasteiger partial charge is 0.308 e. The van der Waals surface area contributed by atoms with Crippen LogP contribution in [0.1, 0.15) is 28.2 Å². The molecular formula is C15H15ClN2O3S2. The topological polar surface area (TPSA) is 70.5 Å². The molecule has 1 aliphatic rings. The van der Waals surface area contributed by atoms with Crippen molar-refractivity contribution in [2.75, 3.05) is 13.1 Å². The number of piperidine rings is 1. The lowest BCUT2D eigenvalue weighted by atomic mass is 9.98. The summed E-state index contributed by atoms with van der Waals surface area (Å²) in [5, 5.41) is 9.93. The average Bonchev–Trinajstić information content (AvgIpc) is 3.12. The number of thiazole rings is 1. The van der Waals surface area contributed by atoms with Gasteiger partial charge in [-0.05, 0) is 31.9 Å². The quantitative estimate of drug-likeness (QED) is 0.892. The van der Waals surface area contributed by atoms with E-state index in [0.717, 1.165) is 9.88 Å². The van der Waals surface area contributed by atoms with Gasteiger partial charge in [-0.25, -0.2) is 4.98 Å². The number of aryl methyl sites for hydroxylation is 1. The normalized spacial score (nSPS) is 18.2. The summed E-state index contributed by atoms with van der Waals surface area (Å²) in [6, 6.07) is 3.70. The molecule has 2 aromatic heterocycles. The van der Waals surface area contributed by atoms with Gasteiger partial charge in [-0.15, -0.1) is 22.7 Å². The number of thiophene rings is 1. The van der Waals surface area contributed by atoms with E-state index in [1.807, 2.05) is 12.1 Å². The molecule has 1 amide bonds. The zero-order valence-electron chi connectivity index (χ0n) is 12.4. The highest BCUT2D eigenvalue weighted by Crippen LogP contribution is 2.35. The number of aliphatic carboxylic acids is 1. The van der Waals surface area contributed by atoms with Crippen molar-refractivity contribution in [2.24, 2.45) is 5.92 Å². The van der Waals surface area contributed by atoms with Gasteiger partial charge in [0.25, 0.3) is 5.91 Å². The van der Waals surface area contributed by atoms with Gasteiger partial charge in [0.2, 0.25) is 0 Å². The minimum atomic E-state index is -0.836. The van der Waals surface area contributed by atoms with Crippen molar-refractivity contribution in [1.29, 1.82) is 0 Å². The molecular weight excluding hydrogens is 356 g/mol.